The van der Waals surface area contributed by atoms with Gasteiger partial charge in [0.05, 0.1) is 0 Å². The minimum atomic E-state index is -0.297. The first-order chi connectivity index (χ1) is 11.7. The summed E-state index contributed by atoms with van der Waals surface area (Å²) in [5.74, 6) is 3.16. The second-order valence-corrected chi connectivity index (χ2v) is 10.2. The first-order valence-electron chi connectivity index (χ1n) is 10.4. The van der Waals surface area contributed by atoms with Gasteiger partial charge in [-0.05, 0) is 81.0 Å². The topological polar surface area (TPSA) is 43.4 Å². The van der Waals surface area contributed by atoms with E-state index in [9.17, 15) is 9.59 Å². The molecule has 0 aliphatic heterocycles. The van der Waals surface area contributed by atoms with E-state index >= 15 is 0 Å². The Morgan fingerprint density at radius 2 is 1.72 bits per heavy atom. The van der Waals surface area contributed by atoms with Gasteiger partial charge in [-0.1, -0.05) is 13.8 Å². The Morgan fingerprint density at radius 3 is 2.44 bits per heavy atom. The van der Waals surface area contributed by atoms with Crippen LogP contribution in [-0.4, -0.2) is 17.4 Å². The zero-order valence-electron chi connectivity index (χ0n) is 16.4. The molecule has 3 nitrogen and oxygen atoms in total. The molecule has 0 amide bonds. The smallest absolute Gasteiger partial charge is 0.303 e. The minimum absolute atomic E-state index is 0.119. The summed E-state index contributed by atoms with van der Waals surface area (Å²) in [5.41, 5.74) is 0.181. The molecule has 0 aromatic heterocycles. The van der Waals surface area contributed by atoms with E-state index in [-0.39, 0.29) is 17.0 Å². The van der Waals surface area contributed by atoms with Crippen LogP contribution in [0, 0.1) is 34.5 Å². The van der Waals surface area contributed by atoms with Gasteiger partial charge in [-0.25, -0.2) is 0 Å². The summed E-state index contributed by atoms with van der Waals surface area (Å²) in [7, 11) is 0. The van der Waals surface area contributed by atoms with Crippen molar-refractivity contribution in [2.75, 3.05) is 0 Å². The summed E-state index contributed by atoms with van der Waals surface area (Å²) < 4.78 is 5.91. The van der Waals surface area contributed by atoms with Crippen molar-refractivity contribution in [1.29, 1.82) is 0 Å². The third kappa shape index (κ3) is 2.36. The van der Waals surface area contributed by atoms with E-state index in [4.69, 9.17) is 4.74 Å². The lowest BCUT2D eigenvalue weighted by Crippen LogP contribution is -2.56. The summed E-state index contributed by atoms with van der Waals surface area (Å²) in [6.07, 6.45) is 9.83. The van der Waals surface area contributed by atoms with E-state index in [2.05, 4.69) is 20.8 Å². The van der Waals surface area contributed by atoms with Crippen LogP contribution < -0.4 is 0 Å². The highest BCUT2D eigenvalue weighted by atomic mass is 16.6. The molecule has 0 bridgehead atoms. The van der Waals surface area contributed by atoms with Crippen LogP contribution >= 0.6 is 0 Å². The average molecular weight is 347 g/mol. The van der Waals surface area contributed by atoms with E-state index in [1.54, 1.807) is 6.92 Å². The number of ketones is 1. The molecule has 0 spiro atoms. The van der Waals surface area contributed by atoms with Gasteiger partial charge in [-0.2, -0.15) is 0 Å². The molecular weight excluding hydrogens is 312 g/mol. The summed E-state index contributed by atoms with van der Waals surface area (Å²) in [6, 6.07) is 0. The Hall–Kier alpha value is -0.860. The average Bonchev–Trinajstić information content (AvgIpc) is 2.79. The van der Waals surface area contributed by atoms with E-state index in [1.807, 2.05) is 0 Å². The lowest BCUT2D eigenvalue weighted by Gasteiger charge is -2.61. The molecule has 140 valence electrons. The Bertz CT molecular complexity index is 598. The standard InChI is InChI=1S/C22H34O3/c1-14(23)25-22(4)12-9-19-17-6-5-15-13-16(24)7-10-20(15,2)18(17)8-11-21(19,22)3/h15,17-19H,5-13H2,1-4H3/t15-,17+,18-,19+,20-,21-,22+/m0/s1. The molecule has 0 radical (unpaired) electrons. The van der Waals surface area contributed by atoms with Crippen molar-refractivity contribution in [3.05, 3.63) is 0 Å². The maximum atomic E-state index is 12.0. The first-order valence-corrected chi connectivity index (χ1v) is 10.4. The van der Waals surface area contributed by atoms with Crippen molar-refractivity contribution in [2.24, 2.45) is 34.5 Å². The maximum absolute atomic E-state index is 12.0. The number of carbonyl (C=O) groups excluding carboxylic acids is 2. The van der Waals surface area contributed by atoms with Crippen LogP contribution in [0.1, 0.15) is 85.5 Å². The molecule has 3 heteroatoms. The van der Waals surface area contributed by atoms with Gasteiger partial charge in [0.15, 0.2) is 0 Å². The predicted octanol–water partition coefficient (Wildman–Crippen LogP) is 4.92. The summed E-state index contributed by atoms with van der Waals surface area (Å²) in [6.45, 7) is 8.62. The highest BCUT2D eigenvalue weighted by Gasteiger charge is 2.64. The highest BCUT2D eigenvalue weighted by molar-refractivity contribution is 5.79. The van der Waals surface area contributed by atoms with Crippen molar-refractivity contribution in [3.63, 3.8) is 0 Å². The zero-order chi connectivity index (χ0) is 18.0. The highest BCUT2D eigenvalue weighted by Crippen LogP contribution is 2.68. The van der Waals surface area contributed by atoms with Gasteiger partial charge in [-0.3, -0.25) is 9.59 Å². The maximum Gasteiger partial charge on any atom is 0.303 e. The molecule has 0 aromatic carbocycles. The fraction of sp³-hybridized carbons (Fsp3) is 0.909. The van der Waals surface area contributed by atoms with Gasteiger partial charge >= 0.3 is 5.97 Å². The van der Waals surface area contributed by atoms with Gasteiger partial charge in [0.2, 0.25) is 0 Å². The molecule has 0 unspecified atom stereocenters. The second-order valence-electron chi connectivity index (χ2n) is 10.2. The number of Topliss-reactive ketones (excluding diaryl/α,β-unsaturated/α-hetero) is 1. The Balaban J connectivity index is 1.62. The Morgan fingerprint density at radius 1 is 1.00 bits per heavy atom. The van der Waals surface area contributed by atoms with Crippen molar-refractivity contribution in [1.82, 2.24) is 0 Å². The second kappa shape index (κ2) is 5.57. The van der Waals surface area contributed by atoms with Crippen LogP contribution in [-0.2, 0) is 14.3 Å². The number of hydrogen-bond donors (Lipinski definition) is 0. The first kappa shape index (κ1) is 17.5. The normalized spacial score (nSPS) is 52.1. The molecule has 25 heavy (non-hydrogen) atoms. The van der Waals surface area contributed by atoms with E-state index in [1.165, 1.54) is 32.1 Å². The number of hydrogen-bond acceptors (Lipinski definition) is 3. The Kier molecular flexibility index (Phi) is 3.91. The fourth-order valence-corrected chi connectivity index (χ4v) is 7.76. The van der Waals surface area contributed by atoms with E-state index in [0.29, 0.717) is 23.0 Å². The molecule has 0 N–H and O–H groups in total. The van der Waals surface area contributed by atoms with Crippen LogP contribution in [0.15, 0.2) is 0 Å². The number of ether oxygens (including phenoxy) is 1. The van der Waals surface area contributed by atoms with Gasteiger partial charge < -0.3 is 4.74 Å². The van der Waals surface area contributed by atoms with Gasteiger partial charge in [0.25, 0.3) is 0 Å². The minimum Gasteiger partial charge on any atom is -0.459 e. The van der Waals surface area contributed by atoms with Crippen molar-refractivity contribution in [3.8, 4) is 0 Å². The van der Waals surface area contributed by atoms with Crippen LogP contribution in [0.3, 0.4) is 0 Å². The van der Waals surface area contributed by atoms with Crippen molar-refractivity contribution in [2.45, 2.75) is 91.1 Å². The number of esters is 1. The molecule has 7 atom stereocenters. The number of fused-ring (bicyclic) bond motifs is 5. The third-order valence-corrected chi connectivity index (χ3v) is 9.38. The van der Waals surface area contributed by atoms with Gasteiger partial charge in [-0.15, -0.1) is 0 Å². The number of carbonyl (C=O) groups is 2. The molecule has 0 saturated heterocycles. The third-order valence-electron chi connectivity index (χ3n) is 9.38. The fourth-order valence-electron chi connectivity index (χ4n) is 7.76. The molecule has 4 aliphatic carbocycles. The Labute approximate surface area is 152 Å². The number of rotatable bonds is 1. The van der Waals surface area contributed by atoms with Crippen LogP contribution in [0.5, 0.6) is 0 Å². The van der Waals surface area contributed by atoms with Crippen LogP contribution in [0.2, 0.25) is 0 Å². The molecule has 4 saturated carbocycles. The summed E-state index contributed by atoms with van der Waals surface area (Å²) in [4.78, 5) is 23.7. The lowest BCUT2D eigenvalue weighted by atomic mass is 9.44. The largest absolute Gasteiger partial charge is 0.459 e. The predicted molar refractivity (Wildman–Crippen MR) is 96.9 cm³/mol. The van der Waals surface area contributed by atoms with Crippen molar-refractivity contribution >= 4 is 11.8 Å². The molecule has 0 heterocycles. The van der Waals surface area contributed by atoms with Crippen LogP contribution in [0.25, 0.3) is 0 Å². The van der Waals surface area contributed by atoms with E-state index in [0.717, 1.165) is 37.5 Å². The quantitative estimate of drug-likeness (QED) is 0.633. The van der Waals surface area contributed by atoms with Crippen molar-refractivity contribution < 1.29 is 14.3 Å². The SMILES string of the molecule is CC(=O)O[C@]1(C)CC[C@@H]2[C@@H]3CC[C@H]4CC(=O)CC[C@]4(C)[C@H]3CC[C@@]21C. The zero-order valence-corrected chi connectivity index (χ0v) is 16.4. The monoisotopic (exact) mass is 346 g/mol. The van der Waals surface area contributed by atoms with E-state index < -0.39 is 0 Å². The summed E-state index contributed by atoms with van der Waals surface area (Å²) >= 11 is 0. The van der Waals surface area contributed by atoms with Gasteiger partial charge in [0, 0.05) is 25.2 Å². The molecule has 0 aromatic rings. The lowest BCUT2D eigenvalue weighted by molar-refractivity contribution is -0.183. The molecule has 4 rings (SSSR count). The summed E-state index contributed by atoms with van der Waals surface area (Å²) in [5, 5.41) is 0. The van der Waals surface area contributed by atoms with Gasteiger partial charge in [0.1, 0.15) is 11.4 Å². The molecule has 4 aliphatic rings. The van der Waals surface area contributed by atoms with Crippen LogP contribution in [0.4, 0.5) is 0 Å². The molecule has 4 fully saturated rings. The molecular formula is C22H34O3.